The molecule has 0 radical (unpaired) electrons. The number of rotatable bonds is 5. The summed E-state index contributed by atoms with van der Waals surface area (Å²) in [5.41, 5.74) is -0.590. The zero-order chi connectivity index (χ0) is 11.4. The van der Waals surface area contributed by atoms with Gasteiger partial charge in [0.1, 0.15) is 0 Å². The molecule has 0 aliphatic rings. The highest BCUT2D eigenvalue weighted by Gasteiger charge is 2.25. The minimum atomic E-state index is -0.695. The topological polar surface area (TPSA) is 52.5 Å². The van der Waals surface area contributed by atoms with Crippen LogP contribution in [-0.2, 0) is 0 Å². The molecule has 0 aromatic rings. The Kier molecular flexibility index (Phi) is 5.06. The van der Waals surface area contributed by atoms with E-state index in [-0.39, 0.29) is 18.1 Å². The van der Waals surface area contributed by atoms with Gasteiger partial charge in [0.2, 0.25) is 0 Å². The summed E-state index contributed by atoms with van der Waals surface area (Å²) in [6.07, 6.45) is 0.722. The van der Waals surface area contributed by atoms with Gasteiger partial charge in [-0.15, -0.1) is 0 Å². The summed E-state index contributed by atoms with van der Waals surface area (Å²) in [5, 5.41) is 21.8. The number of hydrogen-bond acceptors (Lipinski definition) is 3. The molecule has 0 aromatic carbocycles. The molecule has 0 saturated carbocycles. The highest BCUT2D eigenvalue weighted by Crippen LogP contribution is 2.21. The molecule has 0 bridgehead atoms. The van der Waals surface area contributed by atoms with Crippen molar-refractivity contribution in [1.29, 1.82) is 0 Å². The maximum atomic E-state index is 9.58. The fourth-order valence-electron chi connectivity index (χ4n) is 1.34. The molecule has 0 fully saturated rings. The molecule has 1 atom stereocenters. The molecule has 0 saturated heterocycles. The van der Waals surface area contributed by atoms with Gasteiger partial charge in [0.05, 0.1) is 5.60 Å². The van der Waals surface area contributed by atoms with Gasteiger partial charge in [0, 0.05) is 19.2 Å². The smallest absolute Gasteiger partial charge is 0.0715 e. The van der Waals surface area contributed by atoms with Gasteiger partial charge in [-0.05, 0) is 25.7 Å². The third-order valence-electron chi connectivity index (χ3n) is 2.24. The molecule has 14 heavy (non-hydrogen) atoms. The predicted molar refractivity (Wildman–Crippen MR) is 59.2 cm³/mol. The fourth-order valence-corrected chi connectivity index (χ4v) is 1.34. The molecular formula is C11H25NO2. The Morgan fingerprint density at radius 2 is 1.64 bits per heavy atom. The molecule has 0 rings (SSSR count). The third-order valence-corrected chi connectivity index (χ3v) is 2.24. The zero-order valence-electron chi connectivity index (χ0n) is 10.1. The van der Waals surface area contributed by atoms with E-state index in [1.807, 2.05) is 0 Å². The van der Waals surface area contributed by atoms with Crippen LogP contribution in [0.3, 0.4) is 0 Å². The van der Waals surface area contributed by atoms with Crippen molar-refractivity contribution < 1.29 is 10.2 Å². The van der Waals surface area contributed by atoms with E-state index >= 15 is 0 Å². The van der Waals surface area contributed by atoms with Crippen LogP contribution in [0.1, 0.15) is 41.0 Å². The number of hydrogen-bond donors (Lipinski definition) is 3. The fraction of sp³-hybridized carbons (Fsp3) is 1.00. The van der Waals surface area contributed by atoms with Crippen LogP contribution in [0.2, 0.25) is 0 Å². The molecule has 0 aliphatic carbocycles. The first-order valence-electron chi connectivity index (χ1n) is 5.23. The Balaban J connectivity index is 4.12. The van der Waals surface area contributed by atoms with Crippen molar-refractivity contribution in [3.63, 3.8) is 0 Å². The molecule has 0 spiro atoms. The van der Waals surface area contributed by atoms with Gasteiger partial charge in [0.25, 0.3) is 0 Å². The third kappa shape index (κ3) is 6.35. The SMILES string of the molecule is CC(C)(O)CNC(CCO)C(C)(C)C. The molecule has 3 nitrogen and oxygen atoms in total. The Morgan fingerprint density at radius 1 is 1.14 bits per heavy atom. The second-order valence-electron chi connectivity index (χ2n) is 5.62. The Morgan fingerprint density at radius 3 is 1.93 bits per heavy atom. The van der Waals surface area contributed by atoms with E-state index in [2.05, 4.69) is 26.1 Å². The molecule has 0 heterocycles. The van der Waals surface area contributed by atoms with Crippen molar-refractivity contribution in [3.8, 4) is 0 Å². The minimum absolute atomic E-state index is 0.105. The Hall–Kier alpha value is -0.120. The van der Waals surface area contributed by atoms with Crippen molar-refractivity contribution in [2.75, 3.05) is 13.2 Å². The van der Waals surface area contributed by atoms with Gasteiger partial charge in [0.15, 0.2) is 0 Å². The van der Waals surface area contributed by atoms with Gasteiger partial charge in [-0.1, -0.05) is 20.8 Å². The largest absolute Gasteiger partial charge is 0.396 e. The second kappa shape index (κ2) is 5.10. The van der Waals surface area contributed by atoms with Gasteiger partial charge in [-0.2, -0.15) is 0 Å². The van der Waals surface area contributed by atoms with Crippen LogP contribution in [0.15, 0.2) is 0 Å². The lowest BCUT2D eigenvalue weighted by atomic mass is 9.84. The van der Waals surface area contributed by atoms with E-state index in [0.29, 0.717) is 6.54 Å². The molecule has 1 unspecified atom stereocenters. The number of aliphatic hydroxyl groups is 2. The van der Waals surface area contributed by atoms with Crippen molar-refractivity contribution in [1.82, 2.24) is 5.32 Å². The standard InChI is InChI=1S/C11H25NO2/c1-10(2,3)9(6-7-13)12-8-11(4,5)14/h9,12-14H,6-8H2,1-5H3. The lowest BCUT2D eigenvalue weighted by Gasteiger charge is -2.33. The summed E-state index contributed by atoms with van der Waals surface area (Å²) in [4.78, 5) is 0. The van der Waals surface area contributed by atoms with Crippen LogP contribution in [0.4, 0.5) is 0 Å². The molecule has 0 aromatic heterocycles. The summed E-state index contributed by atoms with van der Waals surface area (Å²) in [6, 6.07) is 0.235. The van der Waals surface area contributed by atoms with E-state index in [1.165, 1.54) is 0 Å². The first kappa shape index (κ1) is 13.9. The molecular weight excluding hydrogens is 178 g/mol. The van der Waals surface area contributed by atoms with Crippen LogP contribution in [0.25, 0.3) is 0 Å². The van der Waals surface area contributed by atoms with Crippen LogP contribution >= 0.6 is 0 Å². The summed E-state index contributed by atoms with van der Waals surface area (Å²) in [5.74, 6) is 0. The lowest BCUT2D eigenvalue weighted by molar-refractivity contribution is 0.0669. The summed E-state index contributed by atoms with van der Waals surface area (Å²) in [6.45, 7) is 10.7. The van der Waals surface area contributed by atoms with E-state index in [4.69, 9.17) is 5.11 Å². The molecule has 0 aliphatic heterocycles. The second-order valence-corrected chi connectivity index (χ2v) is 5.62. The zero-order valence-corrected chi connectivity index (χ0v) is 10.1. The predicted octanol–water partition coefficient (Wildman–Crippen LogP) is 1.14. The normalized spacial score (nSPS) is 15.6. The van der Waals surface area contributed by atoms with Crippen molar-refractivity contribution in [2.24, 2.45) is 5.41 Å². The molecule has 86 valence electrons. The summed E-state index contributed by atoms with van der Waals surface area (Å²) in [7, 11) is 0. The first-order valence-corrected chi connectivity index (χ1v) is 5.23. The van der Waals surface area contributed by atoms with Gasteiger partial charge < -0.3 is 15.5 Å². The molecule has 3 heteroatoms. The van der Waals surface area contributed by atoms with Crippen LogP contribution in [0.5, 0.6) is 0 Å². The highest BCUT2D eigenvalue weighted by atomic mass is 16.3. The van der Waals surface area contributed by atoms with E-state index in [0.717, 1.165) is 6.42 Å². The molecule has 3 N–H and O–H groups in total. The average Bonchev–Trinajstić information content (AvgIpc) is 1.93. The van der Waals surface area contributed by atoms with E-state index in [9.17, 15) is 5.11 Å². The van der Waals surface area contributed by atoms with Crippen LogP contribution in [-0.4, -0.2) is 35.0 Å². The Bertz CT molecular complexity index is 156. The van der Waals surface area contributed by atoms with E-state index < -0.39 is 5.60 Å². The van der Waals surface area contributed by atoms with E-state index in [1.54, 1.807) is 13.8 Å². The minimum Gasteiger partial charge on any atom is -0.396 e. The van der Waals surface area contributed by atoms with Crippen LogP contribution in [0, 0.1) is 5.41 Å². The maximum absolute atomic E-state index is 9.58. The van der Waals surface area contributed by atoms with Crippen molar-refractivity contribution in [2.45, 2.75) is 52.7 Å². The first-order chi connectivity index (χ1) is 6.17. The van der Waals surface area contributed by atoms with Gasteiger partial charge in [-0.25, -0.2) is 0 Å². The van der Waals surface area contributed by atoms with Crippen molar-refractivity contribution >= 4 is 0 Å². The average molecular weight is 203 g/mol. The monoisotopic (exact) mass is 203 g/mol. The lowest BCUT2D eigenvalue weighted by Crippen LogP contribution is -2.46. The van der Waals surface area contributed by atoms with Gasteiger partial charge >= 0.3 is 0 Å². The molecule has 0 amide bonds. The Labute approximate surface area is 87.5 Å². The number of nitrogens with one attached hydrogen (secondary N) is 1. The summed E-state index contributed by atoms with van der Waals surface area (Å²) >= 11 is 0. The van der Waals surface area contributed by atoms with Crippen LogP contribution < -0.4 is 5.32 Å². The quantitative estimate of drug-likeness (QED) is 0.628. The van der Waals surface area contributed by atoms with Gasteiger partial charge in [-0.3, -0.25) is 0 Å². The van der Waals surface area contributed by atoms with Crippen molar-refractivity contribution in [3.05, 3.63) is 0 Å². The maximum Gasteiger partial charge on any atom is 0.0715 e. The number of aliphatic hydroxyl groups excluding tert-OH is 1. The summed E-state index contributed by atoms with van der Waals surface area (Å²) < 4.78 is 0. The highest BCUT2D eigenvalue weighted by molar-refractivity contribution is 4.82.